The molecule has 0 spiro atoms. The minimum atomic E-state index is -0.456. The van der Waals surface area contributed by atoms with Crippen LogP contribution in [0, 0.1) is 0 Å². The molecule has 1 fully saturated rings. The third kappa shape index (κ3) is 3.87. The highest BCUT2D eigenvalue weighted by atomic mass is 35.5. The van der Waals surface area contributed by atoms with Gasteiger partial charge in [0.05, 0.1) is 12.6 Å². The lowest BCUT2D eigenvalue weighted by atomic mass is 10.2. The first kappa shape index (κ1) is 15.9. The van der Waals surface area contributed by atoms with Gasteiger partial charge in [-0.2, -0.15) is 4.98 Å². The molecule has 1 aliphatic heterocycles. The lowest BCUT2D eigenvalue weighted by Crippen LogP contribution is -2.35. The molecule has 0 bridgehead atoms. The largest absolute Gasteiger partial charge is 0.364 e. The van der Waals surface area contributed by atoms with Crippen molar-refractivity contribution in [1.82, 2.24) is 15.5 Å². The number of nitrogens with two attached hydrogens (primary N) is 1. The van der Waals surface area contributed by atoms with Gasteiger partial charge < -0.3 is 20.3 Å². The molecule has 2 heterocycles. The summed E-state index contributed by atoms with van der Waals surface area (Å²) in [5, 5.41) is 7.26. The number of hydrogen-bond donors (Lipinski definition) is 2. The van der Waals surface area contributed by atoms with Crippen LogP contribution in [0.3, 0.4) is 0 Å². The second-order valence-electron chi connectivity index (χ2n) is 5.30. The van der Waals surface area contributed by atoms with Gasteiger partial charge in [0.2, 0.25) is 17.6 Å². The molecule has 1 aromatic carbocycles. The van der Waals surface area contributed by atoms with Crippen LogP contribution in [0.2, 0.25) is 5.02 Å². The van der Waals surface area contributed by atoms with Crippen LogP contribution in [0.25, 0.3) is 11.4 Å². The van der Waals surface area contributed by atoms with Crippen LogP contribution in [0.5, 0.6) is 0 Å². The molecule has 0 radical (unpaired) electrons. The Morgan fingerprint density at radius 3 is 2.83 bits per heavy atom. The van der Waals surface area contributed by atoms with Crippen LogP contribution in [-0.4, -0.2) is 34.8 Å². The molecule has 23 heavy (non-hydrogen) atoms. The Morgan fingerprint density at radius 2 is 2.13 bits per heavy atom. The van der Waals surface area contributed by atoms with E-state index in [4.69, 9.17) is 26.6 Å². The summed E-state index contributed by atoms with van der Waals surface area (Å²) in [7, 11) is 0. The molecule has 2 atom stereocenters. The quantitative estimate of drug-likeness (QED) is 0.857. The summed E-state index contributed by atoms with van der Waals surface area (Å²) in [5.74, 6) is 0.593. The van der Waals surface area contributed by atoms with Crippen molar-refractivity contribution in [3.05, 3.63) is 35.2 Å². The van der Waals surface area contributed by atoms with Gasteiger partial charge in [-0.05, 0) is 37.1 Å². The molecular weight excluding hydrogens is 320 g/mol. The lowest BCUT2D eigenvalue weighted by Gasteiger charge is -2.11. The molecule has 3 rings (SSSR count). The van der Waals surface area contributed by atoms with Crippen molar-refractivity contribution in [2.45, 2.75) is 31.6 Å². The summed E-state index contributed by atoms with van der Waals surface area (Å²) in [6.45, 7) is 0.588. The van der Waals surface area contributed by atoms with Gasteiger partial charge in [0, 0.05) is 17.1 Å². The smallest absolute Gasteiger partial charge is 0.249 e. The summed E-state index contributed by atoms with van der Waals surface area (Å²) in [6.07, 6.45) is 0.983. The number of rotatable bonds is 5. The summed E-state index contributed by atoms with van der Waals surface area (Å²) < 4.78 is 10.7. The predicted octanol–water partition coefficient (Wildman–Crippen LogP) is 1.51. The number of nitrogens with zero attached hydrogens (tertiary/aromatic N) is 2. The predicted molar refractivity (Wildman–Crippen MR) is 83.5 cm³/mol. The van der Waals surface area contributed by atoms with E-state index in [1.165, 1.54) is 0 Å². The number of carbonyl (C=O) groups is 1. The SMILES string of the molecule is NC[C@H]1CC[C@@H](C(=O)NCc2nc(-c3ccc(Cl)cc3)no2)O1. The molecule has 2 aromatic rings. The van der Waals surface area contributed by atoms with Gasteiger partial charge >= 0.3 is 0 Å². The zero-order valence-corrected chi connectivity index (χ0v) is 13.1. The van der Waals surface area contributed by atoms with E-state index >= 15 is 0 Å². The van der Waals surface area contributed by atoms with E-state index in [1.807, 2.05) is 0 Å². The van der Waals surface area contributed by atoms with Gasteiger partial charge in [0.15, 0.2) is 0 Å². The number of carbonyl (C=O) groups excluding carboxylic acids is 1. The maximum atomic E-state index is 12.0. The molecule has 1 aromatic heterocycles. The Morgan fingerprint density at radius 1 is 1.35 bits per heavy atom. The van der Waals surface area contributed by atoms with Crippen molar-refractivity contribution < 1.29 is 14.1 Å². The number of aromatic nitrogens is 2. The Hall–Kier alpha value is -1.96. The minimum absolute atomic E-state index is 0.0364. The highest BCUT2D eigenvalue weighted by Crippen LogP contribution is 2.20. The average Bonchev–Trinajstić information content (AvgIpc) is 3.22. The summed E-state index contributed by atoms with van der Waals surface area (Å²) in [6, 6.07) is 7.10. The van der Waals surface area contributed by atoms with E-state index in [1.54, 1.807) is 24.3 Å². The molecule has 3 N–H and O–H groups in total. The molecule has 0 aliphatic carbocycles. The number of hydrogen-bond acceptors (Lipinski definition) is 6. The van der Waals surface area contributed by atoms with Crippen molar-refractivity contribution >= 4 is 17.5 Å². The molecule has 8 heteroatoms. The monoisotopic (exact) mass is 336 g/mol. The topological polar surface area (TPSA) is 103 Å². The Balaban J connectivity index is 1.55. The fourth-order valence-corrected chi connectivity index (χ4v) is 2.52. The summed E-state index contributed by atoms with van der Waals surface area (Å²) in [4.78, 5) is 16.3. The van der Waals surface area contributed by atoms with E-state index in [9.17, 15) is 4.79 Å². The second kappa shape index (κ2) is 7.08. The van der Waals surface area contributed by atoms with Crippen LogP contribution in [0.1, 0.15) is 18.7 Å². The summed E-state index contributed by atoms with van der Waals surface area (Å²) >= 11 is 5.84. The van der Waals surface area contributed by atoms with Crippen molar-refractivity contribution in [1.29, 1.82) is 0 Å². The number of ether oxygens (including phenoxy) is 1. The van der Waals surface area contributed by atoms with Gasteiger partial charge in [-0.1, -0.05) is 16.8 Å². The fraction of sp³-hybridized carbons (Fsp3) is 0.400. The zero-order chi connectivity index (χ0) is 16.2. The third-order valence-electron chi connectivity index (χ3n) is 3.65. The Bertz CT molecular complexity index is 674. The van der Waals surface area contributed by atoms with E-state index in [2.05, 4.69) is 15.5 Å². The van der Waals surface area contributed by atoms with Crippen LogP contribution in [0.15, 0.2) is 28.8 Å². The molecule has 7 nitrogen and oxygen atoms in total. The third-order valence-corrected chi connectivity index (χ3v) is 3.90. The molecule has 1 saturated heterocycles. The molecule has 1 aliphatic rings. The molecular formula is C15H17ClN4O3. The Kier molecular flexibility index (Phi) is 4.90. The van der Waals surface area contributed by atoms with Crippen LogP contribution < -0.4 is 11.1 Å². The number of nitrogens with one attached hydrogen (secondary N) is 1. The standard InChI is InChI=1S/C15H17ClN4O3/c16-10-3-1-9(2-4-10)14-19-13(23-20-14)8-18-15(21)12-6-5-11(7-17)22-12/h1-4,11-12H,5-8,17H2,(H,18,21)/t11-,12+/m1/s1. The number of benzene rings is 1. The lowest BCUT2D eigenvalue weighted by molar-refractivity contribution is -0.132. The number of halogens is 1. The van der Waals surface area contributed by atoms with E-state index in [-0.39, 0.29) is 18.6 Å². The van der Waals surface area contributed by atoms with E-state index in [0.717, 1.165) is 12.0 Å². The van der Waals surface area contributed by atoms with Gasteiger partial charge in [0.25, 0.3) is 0 Å². The first-order valence-corrected chi connectivity index (χ1v) is 7.75. The van der Waals surface area contributed by atoms with Crippen LogP contribution >= 0.6 is 11.6 Å². The molecule has 0 saturated carbocycles. The van der Waals surface area contributed by atoms with E-state index < -0.39 is 6.10 Å². The maximum absolute atomic E-state index is 12.0. The highest BCUT2D eigenvalue weighted by Gasteiger charge is 2.29. The van der Waals surface area contributed by atoms with Crippen molar-refractivity contribution in [2.75, 3.05) is 6.54 Å². The van der Waals surface area contributed by atoms with Gasteiger partial charge in [0.1, 0.15) is 6.10 Å². The summed E-state index contributed by atoms with van der Waals surface area (Å²) in [5.41, 5.74) is 6.32. The maximum Gasteiger partial charge on any atom is 0.249 e. The molecule has 1 amide bonds. The van der Waals surface area contributed by atoms with Crippen molar-refractivity contribution in [2.24, 2.45) is 5.73 Å². The van der Waals surface area contributed by atoms with Gasteiger partial charge in [-0.25, -0.2) is 0 Å². The van der Waals surface area contributed by atoms with Crippen molar-refractivity contribution in [3.63, 3.8) is 0 Å². The van der Waals surface area contributed by atoms with E-state index in [0.29, 0.717) is 29.7 Å². The first-order chi connectivity index (χ1) is 11.2. The fourth-order valence-electron chi connectivity index (χ4n) is 2.39. The van der Waals surface area contributed by atoms with Crippen molar-refractivity contribution in [3.8, 4) is 11.4 Å². The first-order valence-electron chi connectivity index (χ1n) is 7.37. The van der Waals surface area contributed by atoms with Gasteiger partial charge in [-0.3, -0.25) is 4.79 Å². The van der Waals surface area contributed by atoms with Crippen LogP contribution in [0.4, 0.5) is 0 Å². The normalized spacial score (nSPS) is 20.6. The average molecular weight is 337 g/mol. The second-order valence-corrected chi connectivity index (χ2v) is 5.73. The van der Waals surface area contributed by atoms with Gasteiger partial charge in [-0.15, -0.1) is 0 Å². The zero-order valence-electron chi connectivity index (χ0n) is 12.4. The molecule has 0 unspecified atom stereocenters. The molecule has 122 valence electrons. The number of amides is 1. The minimum Gasteiger partial charge on any atom is -0.364 e. The van der Waals surface area contributed by atoms with Crippen LogP contribution in [-0.2, 0) is 16.1 Å². The Labute approximate surface area is 138 Å². The highest BCUT2D eigenvalue weighted by molar-refractivity contribution is 6.30.